The lowest BCUT2D eigenvalue weighted by molar-refractivity contribution is 1.18. The molecule has 0 saturated carbocycles. The first-order chi connectivity index (χ1) is 32.1. The summed E-state index contributed by atoms with van der Waals surface area (Å²) >= 11 is 7.22. The molecule has 0 amide bonds. The van der Waals surface area contributed by atoms with Gasteiger partial charge in [0.25, 0.3) is 0 Å². The number of halogens is 1. The topological polar surface area (TPSA) is 9.86 Å². The molecule has 0 aliphatic carbocycles. The average molecular weight is 930 g/mol. The molecule has 0 atom stereocenters. The van der Waals surface area contributed by atoms with Crippen molar-refractivity contribution in [3.63, 3.8) is 0 Å². The first kappa shape index (κ1) is 38.2. The Hall–Kier alpha value is -7.28. The molecule has 0 spiro atoms. The minimum Gasteiger partial charge on any atom is -0.309 e. The van der Waals surface area contributed by atoms with Crippen molar-refractivity contribution in [1.29, 1.82) is 0 Å². The van der Waals surface area contributed by atoms with Crippen LogP contribution < -0.4 is 0 Å². The summed E-state index contributed by atoms with van der Waals surface area (Å²) in [6, 6.07) is 81.7. The first-order valence-electron chi connectivity index (χ1n) is 21.8. The van der Waals surface area contributed by atoms with E-state index < -0.39 is 0 Å². The minimum absolute atomic E-state index is 1.15. The van der Waals surface area contributed by atoms with Gasteiger partial charge in [0.15, 0.2) is 0 Å². The largest absolute Gasteiger partial charge is 0.309 e. The Morgan fingerprint density at radius 2 is 0.677 bits per heavy atom. The van der Waals surface area contributed by atoms with Crippen molar-refractivity contribution in [3.8, 4) is 33.6 Å². The van der Waals surface area contributed by atoms with Gasteiger partial charge in [-0.1, -0.05) is 155 Å². The van der Waals surface area contributed by atoms with E-state index in [2.05, 4.69) is 250 Å². The van der Waals surface area contributed by atoms with Crippen LogP contribution in [0.15, 0.2) is 229 Å². The van der Waals surface area contributed by atoms with Crippen molar-refractivity contribution < 1.29 is 0 Å². The van der Waals surface area contributed by atoms with E-state index in [0.29, 0.717) is 0 Å². The molecule has 0 saturated heterocycles. The number of hydrogen-bond donors (Lipinski definition) is 0. The summed E-state index contributed by atoms with van der Waals surface area (Å²) in [5, 5.41) is 10.4. The molecule has 5 heteroatoms. The Labute approximate surface area is 391 Å². The van der Waals surface area contributed by atoms with E-state index >= 15 is 0 Å². The Morgan fingerprint density at radius 3 is 1.28 bits per heavy atom. The highest BCUT2D eigenvalue weighted by atomic mass is 79.9. The van der Waals surface area contributed by atoms with Crippen molar-refractivity contribution in [3.05, 3.63) is 229 Å². The molecule has 0 aliphatic rings. The quantitative estimate of drug-likeness (QED) is 0.166. The second kappa shape index (κ2) is 15.5. The zero-order valence-electron chi connectivity index (χ0n) is 35.0. The molecule has 306 valence electrons. The smallest absolute Gasteiger partial charge is 0.0547 e. The van der Waals surface area contributed by atoms with Crippen LogP contribution in [-0.2, 0) is 0 Å². The van der Waals surface area contributed by atoms with Gasteiger partial charge in [0.2, 0.25) is 0 Å². The summed E-state index contributed by atoms with van der Waals surface area (Å²) in [4.78, 5) is 0. The molecule has 0 aliphatic heterocycles. The third kappa shape index (κ3) is 6.41. The minimum atomic E-state index is 1.15. The highest BCUT2D eigenvalue weighted by Gasteiger charge is 2.17. The molecule has 0 N–H and O–H groups in total. The highest BCUT2D eigenvalue weighted by Crippen LogP contribution is 2.41. The van der Waals surface area contributed by atoms with Gasteiger partial charge >= 0.3 is 0 Å². The number of thiophene rings is 2. The third-order valence-electron chi connectivity index (χ3n) is 12.9. The monoisotopic (exact) mass is 928 g/mol. The number of nitrogens with zero attached hydrogens (tertiary/aromatic N) is 2. The van der Waals surface area contributed by atoms with Crippen LogP contribution in [-0.4, -0.2) is 9.13 Å². The van der Waals surface area contributed by atoms with Crippen LogP contribution >= 0.6 is 38.6 Å². The van der Waals surface area contributed by atoms with Crippen LogP contribution in [0.25, 0.3) is 118 Å². The molecule has 0 unspecified atom stereocenters. The molecule has 14 aromatic rings. The lowest BCUT2D eigenvalue weighted by Gasteiger charge is -2.11. The molecule has 14 rings (SSSR count). The number of rotatable bonds is 4. The molecule has 0 bridgehead atoms. The van der Waals surface area contributed by atoms with Gasteiger partial charge in [-0.15, -0.1) is 22.7 Å². The lowest BCUT2D eigenvalue weighted by Crippen LogP contribution is -1.94. The Kier molecular flexibility index (Phi) is 9.09. The van der Waals surface area contributed by atoms with Crippen LogP contribution in [0.3, 0.4) is 0 Å². The summed E-state index contributed by atoms with van der Waals surface area (Å²) in [6.45, 7) is 0. The molecule has 4 heterocycles. The van der Waals surface area contributed by atoms with Crippen molar-refractivity contribution in [2.75, 3.05) is 0 Å². The molecule has 4 aromatic heterocycles. The molecule has 0 fully saturated rings. The molecular weight excluding hydrogens is 893 g/mol. The number of fused-ring (bicyclic) bond motifs is 12. The summed E-state index contributed by atoms with van der Waals surface area (Å²) in [5.74, 6) is 0. The molecule has 0 radical (unpaired) electrons. The fraction of sp³-hybridized carbons (Fsp3) is 0. The summed E-state index contributed by atoms with van der Waals surface area (Å²) in [5.41, 5.74) is 12.0. The maximum Gasteiger partial charge on any atom is 0.0547 e. The van der Waals surface area contributed by atoms with E-state index in [9.17, 15) is 0 Å². The van der Waals surface area contributed by atoms with Crippen molar-refractivity contribution in [2.45, 2.75) is 0 Å². The second-order valence-corrected chi connectivity index (χ2v) is 19.7. The number of aromatic nitrogens is 2. The Bertz CT molecular complexity index is 4130. The van der Waals surface area contributed by atoms with Gasteiger partial charge in [0.1, 0.15) is 0 Å². The summed E-state index contributed by atoms with van der Waals surface area (Å²) < 4.78 is 11.4. The molecule has 2 nitrogen and oxygen atoms in total. The van der Waals surface area contributed by atoms with E-state index in [4.69, 9.17) is 0 Å². The van der Waals surface area contributed by atoms with Crippen LogP contribution in [0, 0.1) is 0 Å². The van der Waals surface area contributed by atoms with E-state index in [1.165, 1.54) is 112 Å². The zero-order chi connectivity index (χ0) is 43.0. The van der Waals surface area contributed by atoms with Gasteiger partial charge in [0.05, 0.1) is 22.1 Å². The fourth-order valence-corrected chi connectivity index (χ4v) is 12.4. The highest BCUT2D eigenvalue weighted by molar-refractivity contribution is 9.10. The van der Waals surface area contributed by atoms with E-state index in [0.717, 1.165) is 10.2 Å². The van der Waals surface area contributed by atoms with Crippen LogP contribution in [0.2, 0.25) is 0 Å². The van der Waals surface area contributed by atoms with E-state index in [1.807, 2.05) is 22.7 Å². The molecular formula is C60H37BrN2S2. The van der Waals surface area contributed by atoms with Crippen LogP contribution in [0.5, 0.6) is 0 Å². The lowest BCUT2D eigenvalue weighted by atomic mass is 10.0. The number of benzene rings is 10. The Morgan fingerprint density at radius 1 is 0.262 bits per heavy atom. The normalized spacial score (nSPS) is 11.8. The van der Waals surface area contributed by atoms with Gasteiger partial charge in [-0.2, -0.15) is 0 Å². The first-order valence-corrected chi connectivity index (χ1v) is 24.3. The maximum absolute atomic E-state index is 3.51. The van der Waals surface area contributed by atoms with Crippen LogP contribution in [0.4, 0.5) is 0 Å². The van der Waals surface area contributed by atoms with Crippen molar-refractivity contribution in [1.82, 2.24) is 9.13 Å². The van der Waals surface area contributed by atoms with Gasteiger partial charge in [-0.25, -0.2) is 0 Å². The van der Waals surface area contributed by atoms with Crippen molar-refractivity contribution >= 4 is 123 Å². The summed E-state index contributed by atoms with van der Waals surface area (Å²) in [6.07, 6.45) is 0. The second-order valence-electron chi connectivity index (χ2n) is 16.6. The molecule has 65 heavy (non-hydrogen) atoms. The standard InChI is InChI=1S/C48H30N2S.C12H7BrS/c1-2-10-31(11-3-1)32-18-22-35(23-19-32)49-43-15-7-4-12-37(43)39-25-20-33(28-45(39)49)34-21-26-40-38-13-5-8-16-44(38)50(46(40)29-34)36-24-27-48-42(30-36)41-14-6-9-17-47(41)51-48;13-8-5-6-12-10(7-8)9-3-1-2-4-11(9)14-12/h1-30H;1-7H. The number of hydrogen-bond acceptors (Lipinski definition) is 2. The van der Waals surface area contributed by atoms with Crippen LogP contribution in [0.1, 0.15) is 0 Å². The SMILES string of the molecule is Brc1ccc2sc3ccccc3c2c1.c1ccc(-c2ccc(-n3c4ccccc4c4ccc(-c5ccc6c7ccccc7n(-c7ccc8sc9ccccc9c8c7)c6c5)cc43)cc2)cc1. The van der Waals surface area contributed by atoms with E-state index in [-0.39, 0.29) is 0 Å². The van der Waals surface area contributed by atoms with E-state index in [1.54, 1.807) is 0 Å². The van der Waals surface area contributed by atoms with Gasteiger partial charge in [-0.3, -0.25) is 0 Å². The Balaban J connectivity index is 0.000000257. The molecule has 10 aromatic carbocycles. The van der Waals surface area contributed by atoms with Gasteiger partial charge in [0, 0.05) is 77.7 Å². The predicted octanol–water partition coefficient (Wildman–Crippen LogP) is 18.4. The zero-order valence-corrected chi connectivity index (χ0v) is 38.2. The fourth-order valence-electron chi connectivity index (χ4n) is 9.84. The van der Waals surface area contributed by atoms with Gasteiger partial charge < -0.3 is 9.13 Å². The average Bonchev–Trinajstić information content (AvgIpc) is 4.11. The maximum atomic E-state index is 3.51. The summed E-state index contributed by atoms with van der Waals surface area (Å²) in [7, 11) is 0. The third-order valence-corrected chi connectivity index (χ3v) is 15.7. The number of para-hydroxylation sites is 2. The predicted molar refractivity (Wildman–Crippen MR) is 286 cm³/mol. The van der Waals surface area contributed by atoms with Gasteiger partial charge in [-0.05, 0) is 107 Å². The van der Waals surface area contributed by atoms with Crippen molar-refractivity contribution in [2.24, 2.45) is 0 Å².